The van der Waals surface area contributed by atoms with E-state index in [-0.39, 0.29) is 31.7 Å². The van der Waals surface area contributed by atoms with Gasteiger partial charge in [-0.25, -0.2) is 18.6 Å². The van der Waals surface area contributed by atoms with Crippen LogP contribution in [-0.4, -0.2) is 66.1 Å². The number of halogens is 2. The van der Waals surface area contributed by atoms with Crippen molar-refractivity contribution >= 4 is 29.0 Å². The highest BCUT2D eigenvalue weighted by Crippen LogP contribution is 2.38. The fraction of sp³-hybridized carbons (Fsp3) is 0.440. The second-order valence-corrected chi connectivity index (χ2v) is 10.1. The van der Waals surface area contributed by atoms with Gasteiger partial charge in [0.05, 0.1) is 12.2 Å². The molecule has 2 fully saturated rings. The molecule has 3 aliphatic heterocycles. The SMILES string of the molecule is CCOC(=O)C1=C(CN2CC[C@@]3(F)C(=O)NC[C@H]3C2)NC(c2nccs2)=N[C@H]1c1cccc(F)c1C. The van der Waals surface area contributed by atoms with Gasteiger partial charge in [0.2, 0.25) is 0 Å². The summed E-state index contributed by atoms with van der Waals surface area (Å²) in [7, 11) is 0. The van der Waals surface area contributed by atoms with E-state index in [1.165, 1.54) is 17.4 Å². The molecule has 4 heterocycles. The summed E-state index contributed by atoms with van der Waals surface area (Å²) >= 11 is 1.39. The third-order valence-electron chi connectivity index (χ3n) is 7.05. The number of nitrogens with one attached hydrogen (secondary N) is 2. The van der Waals surface area contributed by atoms with Crippen molar-refractivity contribution in [2.45, 2.75) is 32.0 Å². The summed E-state index contributed by atoms with van der Waals surface area (Å²) in [6, 6.07) is 3.90. The Labute approximate surface area is 211 Å². The fourth-order valence-electron chi connectivity index (χ4n) is 5.09. The molecular weight excluding hydrogens is 488 g/mol. The Morgan fingerprint density at radius 3 is 2.97 bits per heavy atom. The van der Waals surface area contributed by atoms with E-state index in [1.807, 2.05) is 10.3 Å². The standard InChI is InChI=1S/C25H27F2N5O3S/c1-3-35-23(33)19-18(13-32-9-7-25(27)15(12-32)11-29-24(25)34)30-21(22-28-8-10-36-22)31-20(19)16-5-4-6-17(26)14(16)2/h4-6,8,10,15,20H,3,7,9,11-13H2,1-2H3,(H,29,34)(H,30,31)/t15-,20-,25-/m0/s1. The summed E-state index contributed by atoms with van der Waals surface area (Å²) in [5.74, 6) is -1.49. The molecule has 0 unspecified atom stereocenters. The lowest BCUT2D eigenvalue weighted by Gasteiger charge is -2.38. The molecule has 1 aromatic carbocycles. The van der Waals surface area contributed by atoms with Crippen LogP contribution in [0.2, 0.25) is 0 Å². The molecular formula is C25H27F2N5O3S. The highest BCUT2D eigenvalue weighted by molar-refractivity contribution is 7.11. The number of nitrogens with zero attached hydrogens (tertiary/aromatic N) is 3. The number of esters is 1. The first-order valence-corrected chi connectivity index (χ1v) is 12.8. The average Bonchev–Trinajstić information content (AvgIpc) is 3.50. The Kier molecular flexibility index (Phi) is 6.60. The molecule has 2 N–H and O–H groups in total. The maximum Gasteiger partial charge on any atom is 0.338 e. The molecule has 36 heavy (non-hydrogen) atoms. The zero-order valence-electron chi connectivity index (χ0n) is 20.0. The average molecular weight is 516 g/mol. The van der Waals surface area contributed by atoms with E-state index >= 15 is 4.39 Å². The number of thiazole rings is 1. The van der Waals surface area contributed by atoms with Crippen LogP contribution in [0, 0.1) is 18.7 Å². The molecule has 3 atom stereocenters. The van der Waals surface area contributed by atoms with Gasteiger partial charge in [0.1, 0.15) is 11.9 Å². The number of amides is 1. The van der Waals surface area contributed by atoms with Gasteiger partial charge in [0.15, 0.2) is 16.5 Å². The lowest BCUT2D eigenvalue weighted by atomic mass is 9.84. The van der Waals surface area contributed by atoms with E-state index in [0.717, 1.165) is 0 Å². The minimum atomic E-state index is -1.86. The normalized spacial score (nSPS) is 26.2. The molecule has 1 amide bonds. The molecule has 0 bridgehead atoms. The lowest BCUT2D eigenvalue weighted by molar-refractivity contribution is -0.139. The number of aromatic nitrogens is 1. The summed E-state index contributed by atoms with van der Waals surface area (Å²) in [4.78, 5) is 36.5. The highest BCUT2D eigenvalue weighted by Gasteiger charge is 2.53. The van der Waals surface area contributed by atoms with Crippen LogP contribution in [0.1, 0.15) is 35.5 Å². The number of likely N-dealkylation sites (tertiary alicyclic amines) is 1. The first kappa shape index (κ1) is 24.5. The minimum absolute atomic E-state index is 0.0748. The van der Waals surface area contributed by atoms with Gasteiger partial charge in [-0.2, -0.15) is 0 Å². The van der Waals surface area contributed by atoms with Crippen LogP contribution in [0.4, 0.5) is 8.78 Å². The highest BCUT2D eigenvalue weighted by atomic mass is 32.1. The van der Waals surface area contributed by atoms with Gasteiger partial charge in [-0.05, 0) is 31.0 Å². The number of amidine groups is 1. The van der Waals surface area contributed by atoms with E-state index in [9.17, 15) is 14.0 Å². The van der Waals surface area contributed by atoms with Crippen LogP contribution >= 0.6 is 11.3 Å². The van der Waals surface area contributed by atoms with Gasteiger partial charge in [0.25, 0.3) is 5.91 Å². The Morgan fingerprint density at radius 2 is 2.22 bits per heavy atom. The van der Waals surface area contributed by atoms with Crippen LogP contribution in [0.25, 0.3) is 0 Å². The van der Waals surface area contributed by atoms with Crippen LogP contribution in [0.15, 0.2) is 46.0 Å². The van der Waals surface area contributed by atoms with Crippen molar-refractivity contribution in [1.29, 1.82) is 0 Å². The van der Waals surface area contributed by atoms with Crippen LogP contribution < -0.4 is 10.6 Å². The molecule has 5 rings (SSSR count). The number of benzene rings is 1. The van der Waals surface area contributed by atoms with Crippen LogP contribution in [-0.2, 0) is 14.3 Å². The Morgan fingerprint density at radius 1 is 1.39 bits per heavy atom. The van der Waals surface area contributed by atoms with Crippen LogP contribution in [0.5, 0.6) is 0 Å². The molecule has 0 aliphatic carbocycles. The number of ether oxygens (including phenoxy) is 1. The van der Waals surface area contributed by atoms with Crippen molar-refractivity contribution in [2.24, 2.45) is 10.9 Å². The third kappa shape index (κ3) is 4.30. The minimum Gasteiger partial charge on any atom is -0.463 e. The number of piperidine rings is 1. The molecule has 2 saturated heterocycles. The predicted octanol–water partition coefficient (Wildman–Crippen LogP) is 2.66. The van der Waals surface area contributed by atoms with E-state index in [2.05, 4.69) is 15.6 Å². The maximum absolute atomic E-state index is 15.2. The maximum atomic E-state index is 15.2. The molecule has 190 valence electrons. The van der Waals surface area contributed by atoms with E-state index < -0.39 is 35.3 Å². The van der Waals surface area contributed by atoms with Crippen molar-refractivity contribution in [1.82, 2.24) is 20.5 Å². The van der Waals surface area contributed by atoms with Gasteiger partial charge in [-0.1, -0.05) is 12.1 Å². The molecule has 1 aromatic heterocycles. The van der Waals surface area contributed by atoms with Crippen molar-refractivity contribution in [3.63, 3.8) is 0 Å². The number of alkyl halides is 1. The zero-order chi connectivity index (χ0) is 25.4. The number of carbonyl (C=O) groups is 2. The van der Waals surface area contributed by atoms with Gasteiger partial charge in [-0.3, -0.25) is 14.7 Å². The first-order chi connectivity index (χ1) is 17.3. The molecule has 2 aromatic rings. The van der Waals surface area contributed by atoms with Gasteiger partial charge >= 0.3 is 5.97 Å². The first-order valence-electron chi connectivity index (χ1n) is 11.9. The summed E-state index contributed by atoms with van der Waals surface area (Å²) in [6.45, 7) is 4.79. The number of hydrogen-bond acceptors (Lipinski definition) is 8. The summed E-state index contributed by atoms with van der Waals surface area (Å²) in [6.07, 6.45) is 1.73. The van der Waals surface area contributed by atoms with Gasteiger partial charge in [-0.15, -0.1) is 11.3 Å². The molecule has 11 heteroatoms. The molecule has 3 aliphatic rings. The second kappa shape index (κ2) is 9.70. The summed E-state index contributed by atoms with van der Waals surface area (Å²) in [5, 5.41) is 8.35. The van der Waals surface area contributed by atoms with Gasteiger partial charge in [0, 0.05) is 55.8 Å². The van der Waals surface area contributed by atoms with Gasteiger partial charge < -0.3 is 15.4 Å². The van der Waals surface area contributed by atoms with Crippen molar-refractivity contribution in [3.05, 3.63) is 63.0 Å². The van der Waals surface area contributed by atoms with E-state index in [1.54, 1.807) is 32.2 Å². The lowest BCUT2D eigenvalue weighted by Crippen LogP contribution is -2.52. The number of carbonyl (C=O) groups excluding carboxylic acids is 2. The third-order valence-corrected chi connectivity index (χ3v) is 7.83. The number of fused-ring (bicyclic) bond motifs is 1. The van der Waals surface area contributed by atoms with Crippen molar-refractivity contribution < 1.29 is 23.1 Å². The number of aliphatic imine (C=N–C) groups is 1. The van der Waals surface area contributed by atoms with Crippen LogP contribution in [0.3, 0.4) is 0 Å². The fourth-order valence-corrected chi connectivity index (χ4v) is 5.68. The summed E-state index contributed by atoms with van der Waals surface area (Å²) in [5.41, 5.74) is -0.0834. The Balaban J connectivity index is 1.55. The molecule has 0 radical (unpaired) electrons. The predicted molar refractivity (Wildman–Crippen MR) is 131 cm³/mol. The monoisotopic (exact) mass is 515 g/mol. The topological polar surface area (TPSA) is 95.9 Å². The van der Waals surface area contributed by atoms with Crippen molar-refractivity contribution in [3.8, 4) is 0 Å². The Bertz CT molecular complexity index is 1250. The summed E-state index contributed by atoms with van der Waals surface area (Å²) < 4.78 is 35.2. The van der Waals surface area contributed by atoms with E-state index in [4.69, 9.17) is 9.73 Å². The molecule has 0 spiro atoms. The molecule has 0 saturated carbocycles. The smallest absolute Gasteiger partial charge is 0.338 e. The molecule has 8 nitrogen and oxygen atoms in total. The quantitative estimate of drug-likeness (QED) is 0.575. The van der Waals surface area contributed by atoms with E-state index in [0.29, 0.717) is 40.8 Å². The zero-order valence-corrected chi connectivity index (χ0v) is 20.8. The van der Waals surface area contributed by atoms with Crippen molar-refractivity contribution in [2.75, 3.05) is 32.8 Å². The second-order valence-electron chi connectivity index (χ2n) is 9.16. The number of rotatable bonds is 6. The Hall–Kier alpha value is -3.18. The largest absolute Gasteiger partial charge is 0.463 e. The number of hydrogen-bond donors (Lipinski definition) is 2.